The Balaban J connectivity index is 2.24. The SMILES string of the molecule is CCc1nn(C)c(Cl)c1C(=O)N1CCCC(CO)C1. The molecular weight excluding hydrogens is 266 g/mol. The maximum absolute atomic E-state index is 12.6. The van der Waals surface area contributed by atoms with Crippen molar-refractivity contribution in [3.8, 4) is 0 Å². The van der Waals surface area contributed by atoms with Gasteiger partial charge >= 0.3 is 0 Å². The maximum Gasteiger partial charge on any atom is 0.258 e. The van der Waals surface area contributed by atoms with Crippen LogP contribution in [0.3, 0.4) is 0 Å². The van der Waals surface area contributed by atoms with Crippen LogP contribution in [0.15, 0.2) is 0 Å². The van der Waals surface area contributed by atoms with Gasteiger partial charge in [0.05, 0.1) is 11.3 Å². The lowest BCUT2D eigenvalue weighted by molar-refractivity contribution is 0.0620. The number of aliphatic hydroxyl groups excluding tert-OH is 1. The van der Waals surface area contributed by atoms with Crippen LogP contribution in [0, 0.1) is 5.92 Å². The van der Waals surface area contributed by atoms with Crippen LogP contribution in [0.5, 0.6) is 0 Å². The first-order chi connectivity index (χ1) is 9.08. The molecule has 1 aromatic rings. The first-order valence-corrected chi connectivity index (χ1v) is 7.07. The molecule has 6 heteroatoms. The summed E-state index contributed by atoms with van der Waals surface area (Å²) in [6, 6.07) is 0. The van der Waals surface area contributed by atoms with Crippen molar-refractivity contribution in [1.82, 2.24) is 14.7 Å². The van der Waals surface area contributed by atoms with Crippen molar-refractivity contribution >= 4 is 17.5 Å². The van der Waals surface area contributed by atoms with E-state index >= 15 is 0 Å². The topological polar surface area (TPSA) is 58.4 Å². The van der Waals surface area contributed by atoms with E-state index in [1.165, 1.54) is 0 Å². The molecular formula is C13H20ClN3O2. The highest BCUT2D eigenvalue weighted by molar-refractivity contribution is 6.33. The lowest BCUT2D eigenvalue weighted by Gasteiger charge is -2.31. The van der Waals surface area contributed by atoms with Crippen LogP contribution in [-0.2, 0) is 13.5 Å². The van der Waals surface area contributed by atoms with Gasteiger partial charge in [0, 0.05) is 26.7 Å². The average Bonchev–Trinajstić information content (AvgIpc) is 2.73. The molecule has 1 saturated heterocycles. The van der Waals surface area contributed by atoms with Crippen LogP contribution in [-0.4, -0.2) is 45.4 Å². The van der Waals surface area contributed by atoms with E-state index in [-0.39, 0.29) is 18.4 Å². The lowest BCUT2D eigenvalue weighted by Crippen LogP contribution is -2.41. The fourth-order valence-electron chi connectivity index (χ4n) is 2.57. The Morgan fingerprint density at radius 3 is 2.95 bits per heavy atom. The summed E-state index contributed by atoms with van der Waals surface area (Å²) < 4.78 is 1.54. The fourth-order valence-corrected chi connectivity index (χ4v) is 2.80. The van der Waals surface area contributed by atoms with E-state index in [0.717, 1.165) is 25.1 Å². The minimum absolute atomic E-state index is 0.0619. The van der Waals surface area contributed by atoms with Crippen molar-refractivity contribution in [2.24, 2.45) is 13.0 Å². The summed E-state index contributed by atoms with van der Waals surface area (Å²) in [4.78, 5) is 14.4. The van der Waals surface area contributed by atoms with Gasteiger partial charge in [-0.05, 0) is 25.2 Å². The Hall–Kier alpha value is -1.07. The molecule has 1 atom stereocenters. The third kappa shape index (κ3) is 2.77. The Morgan fingerprint density at radius 1 is 1.58 bits per heavy atom. The molecule has 19 heavy (non-hydrogen) atoms. The second-order valence-electron chi connectivity index (χ2n) is 5.03. The van der Waals surface area contributed by atoms with E-state index in [0.29, 0.717) is 23.7 Å². The molecule has 0 radical (unpaired) electrons. The van der Waals surface area contributed by atoms with E-state index < -0.39 is 0 Å². The standard InChI is InChI=1S/C13H20ClN3O2/c1-3-10-11(12(14)16(2)15-10)13(19)17-6-4-5-9(7-17)8-18/h9,18H,3-8H2,1-2H3. The van der Waals surface area contributed by atoms with Gasteiger partial charge in [0.1, 0.15) is 5.15 Å². The first-order valence-electron chi connectivity index (χ1n) is 6.70. The van der Waals surface area contributed by atoms with Crippen LogP contribution in [0.2, 0.25) is 5.15 Å². The molecule has 1 aliphatic rings. The number of rotatable bonds is 3. The van der Waals surface area contributed by atoms with Crippen molar-refractivity contribution in [3.05, 3.63) is 16.4 Å². The van der Waals surface area contributed by atoms with Crippen LogP contribution >= 0.6 is 11.6 Å². The number of aromatic nitrogens is 2. The molecule has 1 aromatic heterocycles. The summed E-state index contributed by atoms with van der Waals surface area (Å²) in [7, 11) is 1.74. The summed E-state index contributed by atoms with van der Waals surface area (Å²) in [5, 5.41) is 13.9. The molecule has 106 valence electrons. The minimum Gasteiger partial charge on any atom is -0.396 e. The van der Waals surface area contributed by atoms with Crippen molar-refractivity contribution in [2.45, 2.75) is 26.2 Å². The quantitative estimate of drug-likeness (QED) is 0.915. The normalized spacial score (nSPS) is 19.8. The molecule has 2 heterocycles. The molecule has 0 spiro atoms. The van der Waals surface area contributed by atoms with Crippen molar-refractivity contribution in [3.63, 3.8) is 0 Å². The number of hydrogen-bond donors (Lipinski definition) is 1. The van der Waals surface area contributed by atoms with E-state index in [1.54, 1.807) is 16.6 Å². The largest absolute Gasteiger partial charge is 0.396 e. The molecule has 1 aliphatic heterocycles. The molecule has 5 nitrogen and oxygen atoms in total. The zero-order chi connectivity index (χ0) is 14.0. The predicted molar refractivity (Wildman–Crippen MR) is 73.3 cm³/mol. The summed E-state index contributed by atoms with van der Waals surface area (Å²) in [6.07, 6.45) is 2.58. The zero-order valence-corrected chi connectivity index (χ0v) is 12.2. The number of aryl methyl sites for hydroxylation is 2. The first kappa shape index (κ1) is 14.3. The van der Waals surface area contributed by atoms with Crippen molar-refractivity contribution in [1.29, 1.82) is 0 Å². The fraction of sp³-hybridized carbons (Fsp3) is 0.692. The van der Waals surface area contributed by atoms with Crippen molar-refractivity contribution in [2.75, 3.05) is 19.7 Å². The van der Waals surface area contributed by atoms with Crippen LogP contribution in [0.25, 0.3) is 0 Å². The monoisotopic (exact) mass is 285 g/mol. The highest BCUT2D eigenvalue weighted by atomic mass is 35.5. The van der Waals surface area contributed by atoms with Gasteiger partial charge in [-0.25, -0.2) is 0 Å². The molecule has 0 aliphatic carbocycles. The number of carbonyl (C=O) groups excluding carboxylic acids is 1. The van der Waals surface area contributed by atoms with Crippen LogP contribution in [0.1, 0.15) is 35.8 Å². The van der Waals surface area contributed by atoms with Crippen molar-refractivity contribution < 1.29 is 9.90 Å². The van der Waals surface area contributed by atoms with Gasteiger partial charge in [0.25, 0.3) is 5.91 Å². The van der Waals surface area contributed by atoms with Gasteiger partial charge in [-0.3, -0.25) is 9.48 Å². The molecule has 0 bridgehead atoms. The molecule has 1 unspecified atom stereocenters. The Labute approximate surface area is 118 Å². The van der Waals surface area contributed by atoms with Gasteiger partial charge in [0.15, 0.2) is 0 Å². The Bertz CT molecular complexity index is 473. The smallest absolute Gasteiger partial charge is 0.258 e. The van der Waals surface area contributed by atoms with E-state index in [2.05, 4.69) is 5.10 Å². The Morgan fingerprint density at radius 2 is 2.32 bits per heavy atom. The van der Waals surface area contributed by atoms with E-state index in [9.17, 15) is 9.90 Å². The van der Waals surface area contributed by atoms with Crippen LogP contribution < -0.4 is 0 Å². The summed E-state index contributed by atoms with van der Waals surface area (Å²) in [5.41, 5.74) is 1.26. The summed E-state index contributed by atoms with van der Waals surface area (Å²) in [6.45, 7) is 3.42. The average molecular weight is 286 g/mol. The number of hydrogen-bond acceptors (Lipinski definition) is 3. The highest BCUT2D eigenvalue weighted by Crippen LogP contribution is 2.24. The molecule has 0 aromatic carbocycles. The molecule has 2 rings (SSSR count). The second-order valence-corrected chi connectivity index (χ2v) is 5.39. The predicted octanol–water partition coefficient (Wildman–Crippen LogP) is 1.48. The molecule has 1 N–H and O–H groups in total. The third-order valence-electron chi connectivity index (χ3n) is 3.66. The molecule has 1 amide bonds. The number of likely N-dealkylation sites (tertiary alicyclic amines) is 1. The van der Waals surface area contributed by atoms with E-state index in [1.807, 2.05) is 6.92 Å². The molecule has 1 fully saturated rings. The number of aliphatic hydroxyl groups is 1. The lowest BCUT2D eigenvalue weighted by atomic mass is 9.98. The summed E-state index contributed by atoms with van der Waals surface area (Å²) in [5.74, 6) is 0.117. The summed E-state index contributed by atoms with van der Waals surface area (Å²) >= 11 is 6.18. The molecule has 0 saturated carbocycles. The third-order valence-corrected chi connectivity index (χ3v) is 4.10. The number of halogens is 1. The number of amides is 1. The van der Waals surface area contributed by atoms with Gasteiger partial charge in [-0.1, -0.05) is 18.5 Å². The van der Waals surface area contributed by atoms with Gasteiger partial charge in [0.2, 0.25) is 0 Å². The Kier molecular flexibility index (Phi) is 4.47. The zero-order valence-electron chi connectivity index (χ0n) is 11.4. The number of carbonyl (C=O) groups is 1. The maximum atomic E-state index is 12.6. The highest BCUT2D eigenvalue weighted by Gasteiger charge is 2.28. The number of piperidine rings is 1. The van der Waals surface area contributed by atoms with Gasteiger partial charge < -0.3 is 10.0 Å². The van der Waals surface area contributed by atoms with Crippen LogP contribution in [0.4, 0.5) is 0 Å². The van der Waals surface area contributed by atoms with Gasteiger partial charge in [-0.2, -0.15) is 5.10 Å². The minimum atomic E-state index is -0.0619. The number of nitrogens with zero attached hydrogens (tertiary/aromatic N) is 3. The van der Waals surface area contributed by atoms with E-state index in [4.69, 9.17) is 11.6 Å². The second kappa shape index (κ2) is 5.92. The van der Waals surface area contributed by atoms with Gasteiger partial charge in [-0.15, -0.1) is 0 Å².